The molecule has 3 aromatic carbocycles. The minimum atomic E-state index is -0.806. The van der Waals surface area contributed by atoms with E-state index in [2.05, 4.69) is 38.1 Å². The monoisotopic (exact) mass is 848 g/mol. The van der Waals surface area contributed by atoms with Crippen LogP contribution in [0.5, 0.6) is 0 Å². The number of nitrogens with one attached hydrogen (secondary N) is 5. The van der Waals surface area contributed by atoms with Crippen molar-refractivity contribution in [3.05, 3.63) is 115 Å². The van der Waals surface area contributed by atoms with Gasteiger partial charge < -0.3 is 40.5 Å². The van der Waals surface area contributed by atoms with E-state index in [1.807, 2.05) is 109 Å². The largest absolute Gasteiger partial charge is 0.453 e. The van der Waals surface area contributed by atoms with Gasteiger partial charge in [-0.25, -0.2) is 24.5 Å². The van der Waals surface area contributed by atoms with Crippen molar-refractivity contribution in [3.8, 4) is 33.8 Å². The van der Waals surface area contributed by atoms with E-state index in [9.17, 15) is 19.2 Å². The molecule has 15 heteroatoms. The number of rotatable bonds is 12. The van der Waals surface area contributed by atoms with Gasteiger partial charge in [0.1, 0.15) is 23.7 Å². The van der Waals surface area contributed by atoms with Crippen LogP contribution in [0.1, 0.15) is 87.7 Å². The molecule has 63 heavy (non-hydrogen) atoms. The summed E-state index contributed by atoms with van der Waals surface area (Å²) in [6.07, 6.45) is 8.19. The number of imidazole rings is 2. The fraction of sp³-hybridized carbons (Fsp3) is 0.354. The number of H-pyrrole nitrogens is 2. The van der Waals surface area contributed by atoms with Gasteiger partial charge in [0, 0.05) is 41.8 Å². The lowest BCUT2D eigenvalue weighted by Gasteiger charge is -2.29. The second-order valence-corrected chi connectivity index (χ2v) is 17.0. The molecule has 9 rings (SSSR count). The van der Waals surface area contributed by atoms with Gasteiger partial charge in [0.15, 0.2) is 0 Å². The minimum absolute atomic E-state index is 0.112. The summed E-state index contributed by atoms with van der Waals surface area (Å²) < 4.78 is 4.77. The zero-order valence-electron chi connectivity index (χ0n) is 35.6. The second kappa shape index (κ2) is 17.8. The number of urea groups is 1. The Bertz CT molecular complexity index is 2620. The van der Waals surface area contributed by atoms with Crippen molar-refractivity contribution in [1.29, 1.82) is 0 Å². The number of alkyl carbamates (subject to hydrolysis) is 1. The lowest BCUT2D eigenvalue weighted by molar-refractivity contribution is -0.135. The molecule has 3 fully saturated rings. The summed E-state index contributed by atoms with van der Waals surface area (Å²) in [7, 11) is 1.29. The molecule has 4 atom stereocenters. The van der Waals surface area contributed by atoms with Gasteiger partial charge in [0.05, 0.1) is 48.0 Å². The number of methoxy groups -OCH3 is 1. The highest BCUT2D eigenvalue weighted by Crippen LogP contribution is 2.36. The first-order chi connectivity index (χ1) is 30.6. The van der Waals surface area contributed by atoms with Crippen molar-refractivity contribution in [1.82, 2.24) is 50.7 Å². The normalized spacial score (nSPS) is 18.3. The molecule has 0 bridgehead atoms. The molecule has 0 unspecified atom stereocenters. The van der Waals surface area contributed by atoms with Gasteiger partial charge in [-0.05, 0) is 73.8 Å². The van der Waals surface area contributed by atoms with Crippen molar-refractivity contribution in [2.24, 2.45) is 5.92 Å². The summed E-state index contributed by atoms with van der Waals surface area (Å²) in [5, 5.41) is 9.57. The summed E-state index contributed by atoms with van der Waals surface area (Å²) in [4.78, 5) is 77.7. The maximum Gasteiger partial charge on any atom is 0.407 e. The Morgan fingerprint density at radius 1 is 0.746 bits per heavy atom. The predicted octanol–water partition coefficient (Wildman–Crippen LogP) is 7.59. The highest BCUT2D eigenvalue weighted by Gasteiger charge is 2.39. The summed E-state index contributed by atoms with van der Waals surface area (Å²) in [6, 6.07) is 25.6. The van der Waals surface area contributed by atoms with Crippen LogP contribution < -0.4 is 16.0 Å². The SMILES string of the molecule is COC(=O)N[C@H](C(=O)N1CCC[C@H]1c1nc(-c2ccc3nc(-c4ccc(-c5cnc([C@@H]6CCCN6C(=O)[C@H](NC(=O)NC6CC6)c6ccccc6)[nH]5)cc4)ccc3c2)c[nH]1)C(C)C. The molecule has 0 radical (unpaired) electrons. The molecule has 5 N–H and O–H groups in total. The van der Waals surface area contributed by atoms with Gasteiger partial charge >= 0.3 is 12.1 Å². The Kier molecular flexibility index (Phi) is 11.6. The molecule has 1 aliphatic carbocycles. The Labute approximate surface area is 365 Å². The minimum Gasteiger partial charge on any atom is -0.453 e. The van der Waals surface area contributed by atoms with Gasteiger partial charge in [-0.3, -0.25) is 9.59 Å². The standard InChI is InChI=1S/C48H52N10O5/c1-28(2)41(56-48(62)63-3)45(59)57-23-7-11-39(57)44-50-27-38(54-44)33-18-22-36-32(25-33)17-21-35(52-36)29-13-15-30(16-14-29)37-26-49-43(53-37)40-12-8-24-58(40)46(60)42(31-9-5-4-6-10-31)55-47(61)51-34-19-20-34/h4-6,9-10,13-18,21-22,25-28,34,39-42H,7-8,11-12,19-20,23-24H2,1-3H3,(H,49,53)(H,50,54)(H,56,62)(H2,51,55,61)/t39-,40-,41-,42+/m0/s1. The highest BCUT2D eigenvalue weighted by atomic mass is 16.5. The number of aromatic nitrogens is 5. The fourth-order valence-electron chi connectivity index (χ4n) is 8.77. The lowest BCUT2D eigenvalue weighted by Crippen LogP contribution is -2.51. The zero-order valence-corrected chi connectivity index (χ0v) is 35.6. The van der Waals surface area contributed by atoms with E-state index in [1.165, 1.54) is 7.11 Å². The highest BCUT2D eigenvalue weighted by molar-refractivity contribution is 5.89. The molecule has 3 aromatic heterocycles. The third-order valence-electron chi connectivity index (χ3n) is 12.3. The Balaban J connectivity index is 0.865. The number of fused-ring (bicyclic) bond motifs is 1. The molecule has 3 aliphatic rings. The van der Waals surface area contributed by atoms with Crippen molar-refractivity contribution < 1.29 is 23.9 Å². The van der Waals surface area contributed by atoms with E-state index in [-0.39, 0.29) is 41.9 Å². The third-order valence-corrected chi connectivity index (χ3v) is 12.3. The number of hydrogen-bond donors (Lipinski definition) is 5. The maximum atomic E-state index is 14.1. The first-order valence-electron chi connectivity index (χ1n) is 21.8. The number of benzene rings is 3. The van der Waals surface area contributed by atoms with Crippen LogP contribution in [0.2, 0.25) is 0 Å². The number of ether oxygens (including phenoxy) is 1. The fourth-order valence-corrected chi connectivity index (χ4v) is 8.77. The number of hydrogen-bond acceptors (Lipinski definition) is 8. The zero-order chi connectivity index (χ0) is 43.6. The van der Waals surface area contributed by atoms with Crippen LogP contribution in [0.3, 0.4) is 0 Å². The average Bonchev–Trinajstić information content (AvgIpc) is 3.82. The quantitative estimate of drug-likeness (QED) is 0.0832. The van der Waals surface area contributed by atoms with Crippen LogP contribution >= 0.6 is 0 Å². The molecule has 5 heterocycles. The van der Waals surface area contributed by atoms with Gasteiger partial charge in [0.25, 0.3) is 0 Å². The number of carbonyl (C=O) groups excluding carboxylic acids is 4. The van der Waals surface area contributed by atoms with E-state index in [4.69, 9.17) is 19.7 Å². The maximum absolute atomic E-state index is 14.1. The van der Waals surface area contributed by atoms with Crippen molar-refractivity contribution in [3.63, 3.8) is 0 Å². The summed E-state index contributed by atoms with van der Waals surface area (Å²) in [6.45, 7) is 4.97. The molecular weight excluding hydrogens is 797 g/mol. The molecule has 2 aliphatic heterocycles. The van der Waals surface area contributed by atoms with E-state index in [0.717, 1.165) is 94.6 Å². The number of nitrogens with zero attached hydrogens (tertiary/aromatic N) is 5. The topological polar surface area (TPSA) is 190 Å². The summed E-state index contributed by atoms with van der Waals surface area (Å²) in [5.74, 6) is 1.02. The number of carbonyl (C=O) groups is 4. The first kappa shape index (κ1) is 41.3. The van der Waals surface area contributed by atoms with Crippen LogP contribution in [0.4, 0.5) is 9.59 Å². The van der Waals surface area contributed by atoms with E-state index < -0.39 is 18.2 Å². The van der Waals surface area contributed by atoms with Crippen LogP contribution in [0, 0.1) is 5.92 Å². The smallest absolute Gasteiger partial charge is 0.407 e. The summed E-state index contributed by atoms with van der Waals surface area (Å²) >= 11 is 0. The van der Waals surface area contributed by atoms with Crippen molar-refractivity contribution >= 4 is 34.8 Å². The van der Waals surface area contributed by atoms with Crippen molar-refractivity contribution in [2.75, 3.05) is 20.2 Å². The van der Waals surface area contributed by atoms with Crippen LogP contribution in [0.15, 0.2) is 97.3 Å². The van der Waals surface area contributed by atoms with E-state index in [0.29, 0.717) is 18.9 Å². The van der Waals surface area contributed by atoms with Gasteiger partial charge in [0.2, 0.25) is 11.8 Å². The van der Waals surface area contributed by atoms with Gasteiger partial charge in [-0.2, -0.15) is 0 Å². The molecule has 6 aromatic rings. The molecule has 0 spiro atoms. The van der Waals surface area contributed by atoms with Crippen LogP contribution in [-0.4, -0.2) is 90.9 Å². The van der Waals surface area contributed by atoms with Crippen molar-refractivity contribution in [2.45, 2.75) is 82.6 Å². The number of pyridine rings is 1. The predicted molar refractivity (Wildman–Crippen MR) is 238 cm³/mol. The van der Waals surface area contributed by atoms with Gasteiger partial charge in [-0.15, -0.1) is 0 Å². The molecular formula is C48H52N10O5. The lowest BCUT2D eigenvalue weighted by atomic mass is 10.0. The molecule has 15 nitrogen and oxygen atoms in total. The number of aromatic amines is 2. The molecule has 5 amide bonds. The Morgan fingerprint density at radius 3 is 2.16 bits per heavy atom. The first-order valence-corrected chi connectivity index (χ1v) is 21.8. The number of amides is 5. The second-order valence-electron chi connectivity index (χ2n) is 17.0. The van der Waals surface area contributed by atoms with E-state index in [1.54, 1.807) is 0 Å². The molecule has 324 valence electrons. The van der Waals surface area contributed by atoms with Gasteiger partial charge in [-0.1, -0.05) is 80.6 Å². The number of likely N-dealkylation sites (tertiary alicyclic amines) is 2. The Hall–Kier alpha value is -7.03. The molecule has 1 saturated carbocycles. The summed E-state index contributed by atoms with van der Waals surface area (Å²) in [5.41, 5.74) is 6.91. The Morgan fingerprint density at radius 2 is 1.44 bits per heavy atom. The molecule has 2 saturated heterocycles. The van der Waals surface area contributed by atoms with Crippen LogP contribution in [0.25, 0.3) is 44.7 Å². The van der Waals surface area contributed by atoms with E-state index >= 15 is 0 Å². The average molecular weight is 849 g/mol. The third kappa shape index (κ3) is 8.86. The van der Waals surface area contributed by atoms with Crippen LogP contribution in [-0.2, 0) is 14.3 Å².